The summed E-state index contributed by atoms with van der Waals surface area (Å²) in [5.74, 6) is 0.871. The molecule has 0 spiro atoms. The molecule has 6 heteroatoms. The number of nitrogens with zero attached hydrogens (tertiary/aromatic N) is 4. The molecule has 0 fully saturated rings. The van der Waals surface area contributed by atoms with Gasteiger partial charge < -0.3 is 0 Å². The first-order chi connectivity index (χ1) is 6.86. The second-order valence-electron chi connectivity index (χ2n) is 2.91. The SMILES string of the molecule is Clc1cccc2c1-n1nnnc1SC2. The molecule has 0 bridgehead atoms. The highest BCUT2D eigenvalue weighted by Gasteiger charge is 2.20. The molecule has 0 N–H and O–H groups in total. The monoisotopic (exact) mass is 224 g/mol. The molecular weight excluding hydrogens is 220 g/mol. The van der Waals surface area contributed by atoms with E-state index in [0.717, 1.165) is 16.6 Å². The molecule has 0 saturated heterocycles. The molecule has 0 aliphatic carbocycles. The maximum absolute atomic E-state index is 6.10. The van der Waals surface area contributed by atoms with Gasteiger partial charge in [0.25, 0.3) is 0 Å². The fourth-order valence-corrected chi connectivity index (χ4v) is 2.60. The highest BCUT2D eigenvalue weighted by atomic mass is 35.5. The predicted octanol–water partition coefficient (Wildman–Crippen LogP) is 1.92. The van der Waals surface area contributed by atoms with Crippen LogP contribution in [-0.4, -0.2) is 20.2 Å². The Hall–Kier alpha value is -1.07. The number of rotatable bonds is 0. The molecule has 0 saturated carbocycles. The fraction of sp³-hybridized carbons (Fsp3) is 0.125. The zero-order chi connectivity index (χ0) is 9.54. The average molecular weight is 225 g/mol. The minimum absolute atomic E-state index is 0.691. The molecule has 1 aliphatic rings. The average Bonchev–Trinajstić information content (AvgIpc) is 2.65. The minimum atomic E-state index is 0.691. The largest absolute Gasteiger partial charge is 0.214 e. The normalized spacial score (nSPS) is 13.5. The summed E-state index contributed by atoms with van der Waals surface area (Å²) < 4.78 is 1.69. The standard InChI is InChI=1S/C8H5ClN4S/c9-6-3-1-2-5-4-14-8-10-11-12-13(8)7(5)6/h1-3H,4H2. The van der Waals surface area contributed by atoms with Crippen molar-refractivity contribution in [1.82, 2.24) is 20.2 Å². The van der Waals surface area contributed by atoms with E-state index < -0.39 is 0 Å². The van der Waals surface area contributed by atoms with Crippen LogP contribution in [0.1, 0.15) is 5.56 Å². The molecule has 4 nitrogen and oxygen atoms in total. The maximum Gasteiger partial charge on any atom is 0.214 e. The van der Waals surface area contributed by atoms with E-state index in [1.165, 1.54) is 5.56 Å². The van der Waals surface area contributed by atoms with Crippen molar-refractivity contribution in [3.05, 3.63) is 28.8 Å². The number of para-hydroxylation sites is 1. The molecule has 1 aromatic heterocycles. The van der Waals surface area contributed by atoms with Gasteiger partial charge in [-0.15, -0.1) is 5.10 Å². The first-order valence-electron chi connectivity index (χ1n) is 4.05. The van der Waals surface area contributed by atoms with E-state index >= 15 is 0 Å². The van der Waals surface area contributed by atoms with Crippen molar-refractivity contribution in [2.24, 2.45) is 0 Å². The van der Waals surface area contributed by atoms with Gasteiger partial charge in [-0.3, -0.25) is 0 Å². The van der Waals surface area contributed by atoms with Crippen molar-refractivity contribution in [2.75, 3.05) is 0 Å². The first-order valence-corrected chi connectivity index (χ1v) is 5.41. The van der Waals surface area contributed by atoms with Gasteiger partial charge in [0.2, 0.25) is 5.16 Å². The lowest BCUT2D eigenvalue weighted by Crippen LogP contribution is -2.07. The lowest BCUT2D eigenvalue weighted by Gasteiger charge is -2.15. The van der Waals surface area contributed by atoms with Gasteiger partial charge in [-0.1, -0.05) is 35.5 Å². The fourth-order valence-electron chi connectivity index (χ4n) is 1.47. The number of hydrogen-bond donors (Lipinski definition) is 0. The summed E-state index contributed by atoms with van der Waals surface area (Å²) in [5, 5.41) is 12.9. The Labute approximate surface area is 89.3 Å². The van der Waals surface area contributed by atoms with E-state index in [2.05, 4.69) is 15.5 Å². The number of hydrogen-bond acceptors (Lipinski definition) is 4. The Balaban J connectivity index is 2.34. The smallest absolute Gasteiger partial charge is 0.186 e. The van der Waals surface area contributed by atoms with Crippen LogP contribution < -0.4 is 0 Å². The predicted molar refractivity (Wildman–Crippen MR) is 53.7 cm³/mol. The van der Waals surface area contributed by atoms with Crippen molar-refractivity contribution in [2.45, 2.75) is 10.9 Å². The molecule has 0 atom stereocenters. The number of benzene rings is 1. The maximum atomic E-state index is 6.10. The van der Waals surface area contributed by atoms with Crippen molar-refractivity contribution in [3.63, 3.8) is 0 Å². The van der Waals surface area contributed by atoms with Gasteiger partial charge in [-0.25, -0.2) is 0 Å². The summed E-state index contributed by atoms with van der Waals surface area (Å²) in [7, 11) is 0. The molecular formula is C8H5ClN4S. The Morgan fingerprint density at radius 2 is 2.36 bits per heavy atom. The Morgan fingerprint density at radius 3 is 3.29 bits per heavy atom. The van der Waals surface area contributed by atoms with Gasteiger partial charge in [-0.2, -0.15) is 4.68 Å². The zero-order valence-electron chi connectivity index (χ0n) is 7.01. The van der Waals surface area contributed by atoms with Crippen LogP contribution in [0.15, 0.2) is 23.4 Å². The Morgan fingerprint density at radius 1 is 1.43 bits per heavy atom. The highest BCUT2D eigenvalue weighted by molar-refractivity contribution is 7.98. The second-order valence-corrected chi connectivity index (χ2v) is 4.26. The van der Waals surface area contributed by atoms with Crippen LogP contribution in [0.5, 0.6) is 0 Å². The molecule has 0 amide bonds. The number of aromatic nitrogens is 4. The van der Waals surface area contributed by atoms with E-state index in [1.54, 1.807) is 16.4 Å². The van der Waals surface area contributed by atoms with Crippen molar-refractivity contribution >= 4 is 23.4 Å². The minimum Gasteiger partial charge on any atom is -0.186 e. The van der Waals surface area contributed by atoms with Crippen LogP contribution >= 0.6 is 23.4 Å². The van der Waals surface area contributed by atoms with E-state index in [4.69, 9.17) is 11.6 Å². The Bertz CT molecular complexity index is 496. The van der Waals surface area contributed by atoms with Crippen LogP contribution in [0, 0.1) is 0 Å². The summed E-state index contributed by atoms with van der Waals surface area (Å²) in [4.78, 5) is 0. The lowest BCUT2D eigenvalue weighted by atomic mass is 10.2. The summed E-state index contributed by atoms with van der Waals surface area (Å²) in [6, 6.07) is 5.83. The molecule has 2 heterocycles. The van der Waals surface area contributed by atoms with E-state index in [1.807, 2.05) is 18.2 Å². The summed E-state index contributed by atoms with van der Waals surface area (Å²) in [6.45, 7) is 0. The molecule has 1 aliphatic heterocycles. The van der Waals surface area contributed by atoms with Crippen LogP contribution in [0.4, 0.5) is 0 Å². The summed E-state index contributed by atoms with van der Waals surface area (Å²) >= 11 is 7.72. The summed E-state index contributed by atoms with van der Waals surface area (Å²) in [6.07, 6.45) is 0. The van der Waals surface area contributed by atoms with Gasteiger partial charge in [0.15, 0.2) is 0 Å². The third kappa shape index (κ3) is 1.06. The number of halogens is 1. The highest BCUT2D eigenvalue weighted by Crippen LogP contribution is 2.35. The molecule has 14 heavy (non-hydrogen) atoms. The number of fused-ring (bicyclic) bond motifs is 3. The number of tetrazole rings is 1. The van der Waals surface area contributed by atoms with Crippen molar-refractivity contribution < 1.29 is 0 Å². The van der Waals surface area contributed by atoms with Gasteiger partial charge >= 0.3 is 0 Å². The van der Waals surface area contributed by atoms with Crippen LogP contribution in [0.3, 0.4) is 0 Å². The summed E-state index contributed by atoms with van der Waals surface area (Å²) in [5.41, 5.74) is 2.08. The third-order valence-electron chi connectivity index (χ3n) is 2.08. The van der Waals surface area contributed by atoms with Gasteiger partial charge in [0, 0.05) is 5.75 Å². The molecule has 1 aromatic carbocycles. The molecule has 2 aromatic rings. The molecule has 70 valence electrons. The van der Waals surface area contributed by atoms with Crippen molar-refractivity contribution in [1.29, 1.82) is 0 Å². The molecule has 0 unspecified atom stereocenters. The number of thioether (sulfide) groups is 1. The topological polar surface area (TPSA) is 43.6 Å². The van der Waals surface area contributed by atoms with Crippen LogP contribution in [0.2, 0.25) is 5.02 Å². The van der Waals surface area contributed by atoms with E-state index in [-0.39, 0.29) is 0 Å². The quantitative estimate of drug-likeness (QED) is 0.686. The third-order valence-corrected chi connectivity index (χ3v) is 3.35. The molecule has 0 radical (unpaired) electrons. The Kier molecular flexibility index (Phi) is 1.75. The van der Waals surface area contributed by atoms with Gasteiger partial charge in [0.05, 0.1) is 10.7 Å². The van der Waals surface area contributed by atoms with Gasteiger partial charge in [0.1, 0.15) is 0 Å². The molecule has 3 rings (SSSR count). The van der Waals surface area contributed by atoms with Crippen molar-refractivity contribution in [3.8, 4) is 5.69 Å². The second kappa shape index (κ2) is 2.96. The zero-order valence-corrected chi connectivity index (χ0v) is 8.59. The lowest BCUT2D eigenvalue weighted by molar-refractivity contribution is 0.745. The van der Waals surface area contributed by atoms with Crippen LogP contribution in [-0.2, 0) is 5.75 Å². The first kappa shape index (κ1) is 8.26. The van der Waals surface area contributed by atoms with Crippen LogP contribution in [0.25, 0.3) is 5.69 Å². The van der Waals surface area contributed by atoms with Gasteiger partial charge in [-0.05, 0) is 22.1 Å². The van der Waals surface area contributed by atoms with E-state index in [0.29, 0.717) is 5.02 Å². The van der Waals surface area contributed by atoms with E-state index in [9.17, 15) is 0 Å².